The van der Waals surface area contributed by atoms with E-state index in [1.54, 1.807) is 0 Å². The highest BCUT2D eigenvalue weighted by Gasteiger charge is 2.58. The maximum Gasteiger partial charge on any atom is 0.393 e. The number of nitriles is 1. The zero-order valence-corrected chi connectivity index (χ0v) is 21.6. The Bertz CT molecular complexity index is 1320. The lowest BCUT2D eigenvalue weighted by Crippen LogP contribution is -2.76. The molecule has 0 radical (unpaired) electrons. The van der Waals surface area contributed by atoms with E-state index in [0.717, 1.165) is 30.6 Å². The van der Waals surface area contributed by atoms with Gasteiger partial charge in [-0.1, -0.05) is 12.8 Å². The van der Waals surface area contributed by atoms with Crippen molar-refractivity contribution >= 4 is 33.1 Å². The molecule has 4 aliphatic heterocycles. The van der Waals surface area contributed by atoms with Gasteiger partial charge in [0.05, 0.1) is 23.7 Å². The average molecular weight is 548 g/mol. The van der Waals surface area contributed by atoms with Crippen LogP contribution in [0.15, 0.2) is 12.3 Å². The van der Waals surface area contributed by atoms with Crippen LogP contribution in [0, 0.1) is 34.5 Å². The number of thiophene rings is 1. The summed E-state index contributed by atoms with van der Waals surface area (Å²) in [5.41, 5.74) is 0.874. The predicted molar refractivity (Wildman–Crippen MR) is 134 cm³/mol. The second-order valence-electron chi connectivity index (χ2n) is 12.2. The first-order valence-electron chi connectivity index (χ1n) is 13.5. The van der Waals surface area contributed by atoms with E-state index in [1.807, 2.05) is 9.80 Å². The van der Waals surface area contributed by atoms with E-state index < -0.39 is 24.8 Å². The molecule has 6 nitrogen and oxygen atoms in total. The van der Waals surface area contributed by atoms with Crippen LogP contribution >= 0.6 is 11.3 Å². The molecular formula is C27H29F4N5OS. The number of likely N-dealkylation sites (tertiary alicyclic amines) is 1. The van der Waals surface area contributed by atoms with Crippen molar-refractivity contribution in [3.8, 4) is 6.07 Å². The van der Waals surface area contributed by atoms with Gasteiger partial charge >= 0.3 is 6.18 Å². The van der Waals surface area contributed by atoms with E-state index in [4.69, 9.17) is 0 Å². The number of pyridine rings is 1. The minimum atomic E-state index is -4.31. The molecule has 2 aromatic rings. The highest BCUT2D eigenvalue weighted by Crippen LogP contribution is 2.49. The number of anilines is 1. The Balaban J connectivity index is 1.02. The van der Waals surface area contributed by atoms with E-state index in [-0.39, 0.29) is 34.1 Å². The summed E-state index contributed by atoms with van der Waals surface area (Å²) in [4.78, 5) is 22.1. The fraction of sp³-hybridized carbons (Fsp3) is 0.667. The lowest BCUT2D eigenvalue weighted by atomic mass is 9.66. The van der Waals surface area contributed by atoms with Gasteiger partial charge in [-0.15, -0.1) is 11.3 Å². The Kier molecular flexibility index (Phi) is 5.51. The highest BCUT2D eigenvalue weighted by molar-refractivity contribution is 7.18. The molecular weight excluding hydrogens is 518 g/mol. The first kappa shape index (κ1) is 24.6. The fourth-order valence-corrected chi connectivity index (χ4v) is 8.49. The van der Waals surface area contributed by atoms with Crippen LogP contribution in [0.2, 0.25) is 0 Å². The molecule has 2 bridgehead atoms. The molecule has 6 heterocycles. The van der Waals surface area contributed by atoms with Crippen LogP contribution in [0.1, 0.15) is 42.5 Å². The van der Waals surface area contributed by atoms with Gasteiger partial charge in [0.2, 0.25) is 5.91 Å². The molecule has 8 rings (SSSR count). The number of carbonyl (C=O) groups is 1. The van der Waals surface area contributed by atoms with Gasteiger partial charge < -0.3 is 15.1 Å². The number of rotatable bonds is 5. The Morgan fingerprint density at radius 2 is 1.97 bits per heavy atom. The number of nitrogens with zero attached hydrogens (tertiary/aromatic N) is 4. The largest absolute Gasteiger partial charge is 0.393 e. The summed E-state index contributed by atoms with van der Waals surface area (Å²) < 4.78 is 54.2. The van der Waals surface area contributed by atoms with Gasteiger partial charge in [0, 0.05) is 65.9 Å². The Hall–Kier alpha value is -2.45. The highest BCUT2D eigenvalue weighted by atomic mass is 32.1. The number of aromatic nitrogens is 1. The van der Waals surface area contributed by atoms with Gasteiger partial charge in [0.1, 0.15) is 17.1 Å². The third kappa shape index (κ3) is 4.06. The van der Waals surface area contributed by atoms with Crippen molar-refractivity contribution in [1.29, 1.82) is 5.26 Å². The zero-order valence-electron chi connectivity index (χ0n) is 20.8. The molecule has 0 aromatic carbocycles. The van der Waals surface area contributed by atoms with E-state index in [2.05, 4.69) is 16.4 Å². The number of carbonyl (C=O) groups excluding carboxylic acids is 1. The van der Waals surface area contributed by atoms with Crippen molar-refractivity contribution in [1.82, 2.24) is 15.2 Å². The van der Waals surface area contributed by atoms with Crippen molar-refractivity contribution in [2.75, 3.05) is 31.1 Å². The summed E-state index contributed by atoms with van der Waals surface area (Å²) >= 11 is 1.00. The molecule has 6 aliphatic rings. The van der Waals surface area contributed by atoms with Crippen LogP contribution in [-0.2, 0) is 11.2 Å². The van der Waals surface area contributed by atoms with E-state index in [1.165, 1.54) is 25.1 Å². The molecule has 2 aliphatic carbocycles. The standard InChI is InChI=1S/C27H29F4N5OS/c28-21-17-3-4-20(18(21)5-14-1-2-14)34-22(17)25(37)36-12-26(13-36)10-35(11-26)23-15(8-32)9-33-24-19(23)6-16(38-24)7-27(29,30)31/h6,9,14,17-18,20-22,34H,1-5,7,10-13H2/t17-,18+,20+,21+,22+/m1/s1. The Morgan fingerprint density at radius 3 is 2.63 bits per heavy atom. The topological polar surface area (TPSA) is 72.3 Å². The van der Waals surface area contributed by atoms with Crippen LogP contribution in [0.4, 0.5) is 23.2 Å². The molecule has 1 spiro atoms. The average Bonchev–Trinajstić information content (AvgIpc) is 3.55. The molecule has 4 saturated heterocycles. The van der Waals surface area contributed by atoms with Crippen LogP contribution in [0.5, 0.6) is 0 Å². The quantitative estimate of drug-likeness (QED) is 0.561. The second kappa shape index (κ2) is 8.52. The van der Waals surface area contributed by atoms with Crippen molar-refractivity contribution in [3.05, 3.63) is 22.7 Å². The number of hydrogen-bond donors (Lipinski definition) is 1. The smallest absolute Gasteiger partial charge is 0.368 e. The molecule has 11 heteroatoms. The van der Waals surface area contributed by atoms with Gasteiger partial charge in [-0.25, -0.2) is 9.37 Å². The van der Waals surface area contributed by atoms with Crippen molar-refractivity contribution in [2.45, 2.75) is 63.0 Å². The van der Waals surface area contributed by atoms with E-state index in [0.29, 0.717) is 53.6 Å². The summed E-state index contributed by atoms with van der Waals surface area (Å²) in [6, 6.07) is 3.28. The number of piperidine rings is 2. The second-order valence-corrected chi connectivity index (χ2v) is 13.3. The molecule has 38 heavy (non-hydrogen) atoms. The Labute approximate surface area is 222 Å². The number of alkyl halides is 4. The van der Waals surface area contributed by atoms with Gasteiger partial charge in [-0.2, -0.15) is 18.4 Å². The zero-order chi connectivity index (χ0) is 26.4. The maximum atomic E-state index is 15.4. The van der Waals surface area contributed by atoms with E-state index in [9.17, 15) is 23.2 Å². The number of halogens is 4. The van der Waals surface area contributed by atoms with Crippen LogP contribution in [0.25, 0.3) is 10.2 Å². The van der Waals surface area contributed by atoms with Crippen molar-refractivity contribution in [3.63, 3.8) is 0 Å². The van der Waals surface area contributed by atoms with Gasteiger partial charge in [-0.05, 0) is 31.2 Å². The van der Waals surface area contributed by atoms with Crippen LogP contribution < -0.4 is 10.2 Å². The lowest BCUT2D eigenvalue weighted by Gasteiger charge is -2.62. The molecule has 5 atom stereocenters. The maximum absolute atomic E-state index is 15.4. The van der Waals surface area contributed by atoms with Gasteiger partial charge in [0.15, 0.2) is 0 Å². The number of hydrogen-bond acceptors (Lipinski definition) is 6. The minimum absolute atomic E-state index is 0.00469. The lowest BCUT2D eigenvalue weighted by molar-refractivity contribution is -0.155. The van der Waals surface area contributed by atoms with Gasteiger partial charge in [-0.3, -0.25) is 4.79 Å². The first-order valence-corrected chi connectivity index (χ1v) is 14.3. The van der Waals surface area contributed by atoms with Crippen LogP contribution in [0.3, 0.4) is 0 Å². The Morgan fingerprint density at radius 1 is 1.21 bits per heavy atom. The van der Waals surface area contributed by atoms with Crippen molar-refractivity contribution < 1.29 is 22.4 Å². The van der Waals surface area contributed by atoms with E-state index >= 15 is 4.39 Å². The summed E-state index contributed by atoms with van der Waals surface area (Å²) in [5.74, 6) is 0.445. The molecule has 6 fully saturated rings. The SMILES string of the molecule is N#Cc1cnc2sc(CC(F)(F)F)cc2c1N1CC2(CN(C(=O)[C@H]3N[C@H]4CC[C@@H]3[C@H](F)[C@H]4CC3CC3)C2)C1. The molecule has 2 aromatic heterocycles. The summed E-state index contributed by atoms with van der Waals surface area (Å²) in [5, 5.41) is 13.7. The molecule has 2 saturated carbocycles. The third-order valence-corrected chi connectivity index (χ3v) is 10.4. The number of fused-ring (bicyclic) bond motifs is 4. The number of nitrogens with one attached hydrogen (secondary N) is 1. The molecule has 1 amide bonds. The predicted octanol–water partition coefficient (Wildman–Crippen LogP) is 4.43. The third-order valence-electron chi connectivity index (χ3n) is 9.35. The van der Waals surface area contributed by atoms with Gasteiger partial charge in [0.25, 0.3) is 0 Å². The van der Waals surface area contributed by atoms with Crippen molar-refractivity contribution in [2.24, 2.45) is 23.2 Å². The summed E-state index contributed by atoms with van der Waals surface area (Å²) in [7, 11) is 0. The van der Waals surface area contributed by atoms with Crippen LogP contribution in [-0.4, -0.2) is 66.4 Å². The minimum Gasteiger partial charge on any atom is -0.368 e. The fourth-order valence-electron chi connectivity index (χ4n) is 7.45. The summed E-state index contributed by atoms with van der Waals surface area (Å²) in [6.45, 7) is 2.40. The monoisotopic (exact) mass is 547 g/mol. The molecule has 0 unspecified atom stereocenters. The summed E-state index contributed by atoms with van der Waals surface area (Å²) in [6.07, 6.45) is 0.244. The molecule has 202 valence electrons. The first-order chi connectivity index (χ1) is 18.1. The number of amides is 1. The normalized spacial score (nSPS) is 31.8. The molecule has 1 N–H and O–H groups in total.